The first-order chi connectivity index (χ1) is 7.25. The summed E-state index contributed by atoms with van der Waals surface area (Å²) in [5.74, 6) is 0.462. The number of hydrogen-bond donors (Lipinski definition) is 2. The number of carbonyl (C=O) groups is 1. The highest BCUT2D eigenvalue weighted by Gasteiger charge is 2.26. The van der Waals surface area contributed by atoms with Crippen LogP contribution in [0.4, 0.5) is 0 Å². The van der Waals surface area contributed by atoms with Gasteiger partial charge in [-0.25, -0.2) is 0 Å². The maximum Gasteiger partial charge on any atom is 0.224 e. The molecule has 2 aliphatic rings. The van der Waals surface area contributed by atoms with Gasteiger partial charge in [-0.2, -0.15) is 0 Å². The van der Waals surface area contributed by atoms with E-state index >= 15 is 0 Å². The van der Waals surface area contributed by atoms with E-state index in [9.17, 15) is 4.79 Å². The van der Waals surface area contributed by atoms with Crippen molar-refractivity contribution in [2.45, 2.75) is 25.3 Å². The number of amides is 1. The highest BCUT2D eigenvalue weighted by atomic mass is 16.1. The lowest BCUT2D eigenvalue weighted by Crippen LogP contribution is -2.40. The van der Waals surface area contributed by atoms with Crippen LogP contribution in [0.2, 0.25) is 0 Å². The van der Waals surface area contributed by atoms with E-state index in [2.05, 4.69) is 22.6 Å². The molecule has 2 heterocycles. The molecule has 2 N–H and O–H groups in total. The Morgan fingerprint density at radius 2 is 2.40 bits per heavy atom. The van der Waals surface area contributed by atoms with Gasteiger partial charge in [-0.3, -0.25) is 4.79 Å². The molecule has 4 heteroatoms. The van der Waals surface area contributed by atoms with Crippen molar-refractivity contribution in [2.75, 3.05) is 33.2 Å². The van der Waals surface area contributed by atoms with Crippen LogP contribution in [0, 0.1) is 5.92 Å². The maximum atomic E-state index is 11.8. The van der Waals surface area contributed by atoms with Crippen molar-refractivity contribution < 1.29 is 4.79 Å². The number of carbonyl (C=O) groups excluding carboxylic acids is 1. The second-order valence-corrected chi connectivity index (χ2v) is 4.79. The van der Waals surface area contributed by atoms with Crippen molar-refractivity contribution in [1.82, 2.24) is 15.5 Å². The molecule has 0 saturated carbocycles. The smallest absolute Gasteiger partial charge is 0.224 e. The van der Waals surface area contributed by atoms with E-state index in [1.54, 1.807) is 0 Å². The van der Waals surface area contributed by atoms with Crippen LogP contribution in [0.3, 0.4) is 0 Å². The van der Waals surface area contributed by atoms with Gasteiger partial charge in [0.25, 0.3) is 0 Å². The Kier molecular flexibility index (Phi) is 3.59. The molecule has 86 valence electrons. The topological polar surface area (TPSA) is 44.4 Å². The minimum absolute atomic E-state index is 0.219. The SMILES string of the molecule is CN1CCC(C(=O)NCC2CCCN2)C1. The average Bonchev–Trinajstić information content (AvgIpc) is 2.84. The quantitative estimate of drug-likeness (QED) is 0.680. The first kappa shape index (κ1) is 10.9. The third-order valence-electron chi connectivity index (χ3n) is 3.45. The molecule has 0 spiro atoms. The van der Waals surface area contributed by atoms with Gasteiger partial charge in [0.2, 0.25) is 5.91 Å². The predicted octanol–water partition coefficient (Wildman–Crippen LogP) is -0.194. The van der Waals surface area contributed by atoms with Crippen LogP contribution < -0.4 is 10.6 Å². The molecular weight excluding hydrogens is 190 g/mol. The number of likely N-dealkylation sites (tertiary alicyclic amines) is 1. The van der Waals surface area contributed by atoms with E-state index in [1.165, 1.54) is 12.8 Å². The molecule has 2 saturated heterocycles. The Morgan fingerprint density at radius 3 is 3.00 bits per heavy atom. The van der Waals surface area contributed by atoms with Gasteiger partial charge in [0, 0.05) is 19.1 Å². The third-order valence-corrected chi connectivity index (χ3v) is 3.45. The minimum atomic E-state index is 0.219. The largest absolute Gasteiger partial charge is 0.354 e. The lowest BCUT2D eigenvalue weighted by molar-refractivity contribution is -0.124. The molecule has 15 heavy (non-hydrogen) atoms. The van der Waals surface area contributed by atoms with E-state index < -0.39 is 0 Å². The summed E-state index contributed by atoms with van der Waals surface area (Å²) in [4.78, 5) is 14.0. The first-order valence-corrected chi connectivity index (χ1v) is 5.95. The molecule has 0 aromatic rings. The second kappa shape index (κ2) is 4.94. The van der Waals surface area contributed by atoms with Crippen molar-refractivity contribution in [2.24, 2.45) is 5.92 Å². The third kappa shape index (κ3) is 2.92. The lowest BCUT2D eigenvalue weighted by Gasteiger charge is -2.14. The van der Waals surface area contributed by atoms with E-state index in [0.717, 1.165) is 32.6 Å². The van der Waals surface area contributed by atoms with Crippen molar-refractivity contribution in [3.05, 3.63) is 0 Å². The molecule has 2 rings (SSSR count). The van der Waals surface area contributed by atoms with Crippen LogP contribution in [0.15, 0.2) is 0 Å². The zero-order valence-electron chi connectivity index (χ0n) is 9.46. The van der Waals surface area contributed by atoms with Crippen LogP contribution in [0.1, 0.15) is 19.3 Å². The Hall–Kier alpha value is -0.610. The fourth-order valence-corrected chi connectivity index (χ4v) is 2.45. The van der Waals surface area contributed by atoms with Gasteiger partial charge in [-0.15, -0.1) is 0 Å². The molecule has 0 aromatic heterocycles. The van der Waals surface area contributed by atoms with E-state index in [0.29, 0.717) is 6.04 Å². The predicted molar refractivity (Wildman–Crippen MR) is 59.6 cm³/mol. The molecule has 0 aliphatic carbocycles. The van der Waals surface area contributed by atoms with Crippen molar-refractivity contribution >= 4 is 5.91 Å². The molecule has 0 bridgehead atoms. The molecule has 2 aliphatic heterocycles. The molecule has 2 fully saturated rings. The summed E-state index contributed by atoms with van der Waals surface area (Å²) in [5.41, 5.74) is 0. The molecule has 1 amide bonds. The van der Waals surface area contributed by atoms with E-state index in [1.807, 2.05) is 0 Å². The highest BCUT2D eigenvalue weighted by Crippen LogP contribution is 2.14. The first-order valence-electron chi connectivity index (χ1n) is 5.95. The van der Waals surface area contributed by atoms with Crippen LogP contribution >= 0.6 is 0 Å². The number of nitrogens with one attached hydrogen (secondary N) is 2. The van der Waals surface area contributed by atoms with Crippen molar-refractivity contribution in [1.29, 1.82) is 0 Å². The molecule has 2 atom stereocenters. The number of nitrogens with zero attached hydrogens (tertiary/aromatic N) is 1. The summed E-state index contributed by atoms with van der Waals surface area (Å²) >= 11 is 0. The summed E-state index contributed by atoms with van der Waals surface area (Å²) in [6, 6.07) is 0.507. The summed E-state index contributed by atoms with van der Waals surface area (Å²) in [6.45, 7) is 3.88. The molecule has 2 unspecified atom stereocenters. The van der Waals surface area contributed by atoms with Gasteiger partial charge >= 0.3 is 0 Å². The Bertz CT molecular complexity index is 226. The highest BCUT2D eigenvalue weighted by molar-refractivity contribution is 5.79. The number of rotatable bonds is 3. The van der Waals surface area contributed by atoms with E-state index in [4.69, 9.17) is 0 Å². The normalized spacial score (nSPS) is 32.1. The van der Waals surface area contributed by atoms with Gasteiger partial charge in [-0.1, -0.05) is 0 Å². The maximum absolute atomic E-state index is 11.8. The summed E-state index contributed by atoms with van der Waals surface area (Å²) in [6.07, 6.45) is 3.46. The Morgan fingerprint density at radius 1 is 1.53 bits per heavy atom. The monoisotopic (exact) mass is 211 g/mol. The molecule has 0 aromatic carbocycles. The minimum Gasteiger partial charge on any atom is -0.354 e. The number of hydrogen-bond acceptors (Lipinski definition) is 3. The fourth-order valence-electron chi connectivity index (χ4n) is 2.45. The summed E-state index contributed by atoms with van der Waals surface area (Å²) < 4.78 is 0. The van der Waals surface area contributed by atoms with Gasteiger partial charge in [0.05, 0.1) is 5.92 Å². The Labute approximate surface area is 91.4 Å². The molecular formula is C11H21N3O. The van der Waals surface area contributed by atoms with Gasteiger partial charge < -0.3 is 15.5 Å². The summed E-state index contributed by atoms with van der Waals surface area (Å²) in [5, 5.41) is 6.45. The Balaban J connectivity index is 1.67. The van der Waals surface area contributed by atoms with Gasteiger partial charge in [-0.05, 0) is 39.4 Å². The van der Waals surface area contributed by atoms with Gasteiger partial charge in [0.1, 0.15) is 0 Å². The van der Waals surface area contributed by atoms with Gasteiger partial charge in [0.15, 0.2) is 0 Å². The summed E-state index contributed by atoms with van der Waals surface area (Å²) in [7, 11) is 2.08. The standard InChI is InChI=1S/C11H21N3O/c1-14-6-4-9(8-14)11(15)13-7-10-3-2-5-12-10/h9-10,12H,2-8H2,1H3,(H,13,15). The molecule has 4 nitrogen and oxygen atoms in total. The second-order valence-electron chi connectivity index (χ2n) is 4.79. The zero-order valence-corrected chi connectivity index (χ0v) is 9.46. The molecule has 0 radical (unpaired) electrons. The van der Waals surface area contributed by atoms with Crippen LogP contribution in [0.5, 0.6) is 0 Å². The van der Waals surface area contributed by atoms with E-state index in [-0.39, 0.29) is 11.8 Å². The van der Waals surface area contributed by atoms with Crippen LogP contribution in [-0.4, -0.2) is 50.1 Å². The van der Waals surface area contributed by atoms with Crippen molar-refractivity contribution in [3.63, 3.8) is 0 Å². The average molecular weight is 211 g/mol. The zero-order chi connectivity index (χ0) is 10.7. The lowest BCUT2D eigenvalue weighted by atomic mass is 10.1. The van der Waals surface area contributed by atoms with Crippen molar-refractivity contribution in [3.8, 4) is 0 Å². The van der Waals surface area contributed by atoms with Crippen LogP contribution in [-0.2, 0) is 4.79 Å². The fraction of sp³-hybridized carbons (Fsp3) is 0.909. The van der Waals surface area contributed by atoms with Crippen LogP contribution in [0.25, 0.3) is 0 Å².